The SMILES string of the molecule is CCCC(NCCS(C)=O)c1cccnc1. The van der Waals surface area contributed by atoms with Gasteiger partial charge in [0.25, 0.3) is 0 Å². The summed E-state index contributed by atoms with van der Waals surface area (Å²) in [5.74, 6) is 0.709. The fourth-order valence-electron chi connectivity index (χ4n) is 1.63. The van der Waals surface area contributed by atoms with E-state index >= 15 is 0 Å². The summed E-state index contributed by atoms with van der Waals surface area (Å²) in [6, 6.07) is 4.38. The van der Waals surface area contributed by atoms with Gasteiger partial charge < -0.3 is 5.32 Å². The number of nitrogens with zero attached hydrogens (tertiary/aromatic N) is 1. The van der Waals surface area contributed by atoms with Crippen molar-refractivity contribution in [1.29, 1.82) is 0 Å². The molecule has 1 N–H and O–H groups in total. The highest BCUT2D eigenvalue weighted by atomic mass is 32.2. The fraction of sp³-hybridized carbons (Fsp3) is 0.583. The molecule has 0 aliphatic rings. The van der Waals surface area contributed by atoms with Gasteiger partial charge in [0.15, 0.2) is 0 Å². The second kappa shape index (κ2) is 7.52. The van der Waals surface area contributed by atoms with Gasteiger partial charge in [-0.1, -0.05) is 19.4 Å². The van der Waals surface area contributed by atoms with Crippen LogP contribution in [0.1, 0.15) is 31.4 Å². The summed E-state index contributed by atoms with van der Waals surface area (Å²) in [5.41, 5.74) is 1.21. The van der Waals surface area contributed by atoms with Crippen molar-refractivity contribution in [3.8, 4) is 0 Å². The Hall–Kier alpha value is -0.740. The van der Waals surface area contributed by atoms with Gasteiger partial charge in [-0.25, -0.2) is 0 Å². The second-order valence-corrected chi connectivity index (χ2v) is 5.41. The van der Waals surface area contributed by atoms with Crippen LogP contribution in [-0.2, 0) is 10.8 Å². The molecule has 3 nitrogen and oxygen atoms in total. The van der Waals surface area contributed by atoms with Gasteiger partial charge in [-0.15, -0.1) is 0 Å². The average molecular weight is 240 g/mol. The maximum absolute atomic E-state index is 11.0. The van der Waals surface area contributed by atoms with Crippen LogP contribution >= 0.6 is 0 Å². The minimum atomic E-state index is -0.720. The first-order chi connectivity index (χ1) is 7.74. The molecule has 1 heterocycles. The first-order valence-electron chi connectivity index (χ1n) is 5.67. The number of nitrogens with one attached hydrogen (secondary N) is 1. The van der Waals surface area contributed by atoms with Crippen LogP contribution < -0.4 is 5.32 Å². The molecular formula is C12H20N2OS. The standard InChI is InChI=1S/C12H20N2OS/c1-3-5-12(14-8-9-16(2)15)11-6-4-7-13-10-11/h4,6-7,10,12,14H,3,5,8-9H2,1-2H3. The van der Waals surface area contributed by atoms with Crippen molar-refractivity contribution in [2.24, 2.45) is 0 Å². The van der Waals surface area contributed by atoms with Crippen molar-refractivity contribution in [2.75, 3.05) is 18.6 Å². The number of hydrogen-bond acceptors (Lipinski definition) is 3. The van der Waals surface area contributed by atoms with Gasteiger partial charge >= 0.3 is 0 Å². The smallest absolute Gasteiger partial charge is 0.0357 e. The summed E-state index contributed by atoms with van der Waals surface area (Å²) in [6.07, 6.45) is 7.63. The van der Waals surface area contributed by atoms with Crippen LogP contribution in [0.4, 0.5) is 0 Å². The number of rotatable bonds is 7. The number of aromatic nitrogens is 1. The van der Waals surface area contributed by atoms with Crippen LogP contribution in [0.5, 0.6) is 0 Å². The molecule has 1 rings (SSSR count). The average Bonchev–Trinajstić information content (AvgIpc) is 2.29. The third kappa shape index (κ3) is 4.86. The van der Waals surface area contributed by atoms with Gasteiger partial charge in [0.05, 0.1) is 0 Å². The lowest BCUT2D eigenvalue weighted by Gasteiger charge is -2.17. The largest absolute Gasteiger partial charge is 0.309 e. The van der Waals surface area contributed by atoms with Crippen LogP contribution in [0.3, 0.4) is 0 Å². The molecular weight excluding hydrogens is 220 g/mol. The van der Waals surface area contributed by atoms with E-state index in [4.69, 9.17) is 0 Å². The molecule has 0 saturated carbocycles. The second-order valence-electron chi connectivity index (χ2n) is 3.86. The van der Waals surface area contributed by atoms with E-state index in [2.05, 4.69) is 23.3 Å². The molecule has 0 radical (unpaired) electrons. The zero-order valence-corrected chi connectivity index (χ0v) is 10.8. The van der Waals surface area contributed by atoms with E-state index in [1.54, 1.807) is 12.5 Å². The predicted octanol–water partition coefficient (Wildman–Crippen LogP) is 1.89. The predicted molar refractivity (Wildman–Crippen MR) is 68.8 cm³/mol. The van der Waals surface area contributed by atoms with E-state index in [9.17, 15) is 4.21 Å². The van der Waals surface area contributed by atoms with Crippen LogP contribution in [0.15, 0.2) is 24.5 Å². The molecule has 0 aliphatic carbocycles. The highest BCUT2D eigenvalue weighted by Gasteiger charge is 2.09. The molecule has 0 amide bonds. The minimum Gasteiger partial charge on any atom is -0.309 e. The van der Waals surface area contributed by atoms with Gasteiger partial charge in [0.2, 0.25) is 0 Å². The topological polar surface area (TPSA) is 42.0 Å². The van der Waals surface area contributed by atoms with Gasteiger partial charge in [0, 0.05) is 47.8 Å². The molecule has 16 heavy (non-hydrogen) atoms. The highest BCUT2D eigenvalue weighted by molar-refractivity contribution is 7.84. The zero-order valence-electron chi connectivity index (χ0n) is 9.98. The summed E-state index contributed by atoms with van der Waals surface area (Å²) in [5, 5.41) is 3.44. The Bertz CT molecular complexity index is 316. The Morgan fingerprint density at radius 1 is 1.56 bits per heavy atom. The summed E-state index contributed by atoms with van der Waals surface area (Å²) in [6.45, 7) is 2.96. The van der Waals surface area contributed by atoms with Gasteiger partial charge in [-0.2, -0.15) is 0 Å². The van der Waals surface area contributed by atoms with E-state index in [0.717, 1.165) is 19.4 Å². The Kier molecular flexibility index (Phi) is 6.26. The number of hydrogen-bond donors (Lipinski definition) is 1. The molecule has 1 aromatic heterocycles. The lowest BCUT2D eigenvalue weighted by molar-refractivity contribution is 0.508. The molecule has 4 heteroatoms. The maximum Gasteiger partial charge on any atom is 0.0357 e. The first kappa shape index (κ1) is 13.3. The third-order valence-corrected chi connectivity index (χ3v) is 3.22. The Labute approximate surface area is 100 Å². The Balaban J connectivity index is 2.51. The van der Waals surface area contributed by atoms with E-state index in [-0.39, 0.29) is 0 Å². The monoisotopic (exact) mass is 240 g/mol. The molecule has 1 aromatic rings. The molecule has 0 aromatic carbocycles. The number of pyridine rings is 1. The summed E-state index contributed by atoms with van der Waals surface area (Å²) in [4.78, 5) is 4.13. The molecule has 0 fully saturated rings. The summed E-state index contributed by atoms with van der Waals surface area (Å²) >= 11 is 0. The molecule has 0 spiro atoms. The van der Waals surface area contributed by atoms with Crippen LogP contribution in [0, 0.1) is 0 Å². The quantitative estimate of drug-likeness (QED) is 0.791. The molecule has 0 saturated heterocycles. The lowest BCUT2D eigenvalue weighted by Crippen LogP contribution is -2.25. The van der Waals surface area contributed by atoms with E-state index < -0.39 is 10.8 Å². The van der Waals surface area contributed by atoms with E-state index in [0.29, 0.717) is 11.8 Å². The van der Waals surface area contributed by atoms with Gasteiger partial charge in [0.1, 0.15) is 0 Å². The molecule has 90 valence electrons. The third-order valence-electron chi connectivity index (χ3n) is 2.44. The molecule has 2 atom stereocenters. The highest BCUT2D eigenvalue weighted by Crippen LogP contribution is 2.16. The van der Waals surface area contributed by atoms with Crippen LogP contribution in [-0.4, -0.2) is 27.7 Å². The van der Waals surface area contributed by atoms with Crippen molar-refractivity contribution in [1.82, 2.24) is 10.3 Å². The first-order valence-corrected chi connectivity index (χ1v) is 7.40. The Morgan fingerprint density at radius 3 is 2.94 bits per heavy atom. The Morgan fingerprint density at radius 2 is 2.38 bits per heavy atom. The zero-order chi connectivity index (χ0) is 11.8. The van der Waals surface area contributed by atoms with E-state index in [1.807, 2.05) is 12.3 Å². The van der Waals surface area contributed by atoms with Crippen LogP contribution in [0.25, 0.3) is 0 Å². The van der Waals surface area contributed by atoms with E-state index in [1.165, 1.54) is 5.56 Å². The normalized spacial score (nSPS) is 14.6. The maximum atomic E-state index is 11.0. The lowest BCUT2D eigenvalue weighted by atomic mass is 10.0. The van der Waals surface area contributed by atoms with Crippen molar-refractivity contribution in [3.63, 3.8) is 0 Å². The summed E-state index contributed by atoms with van der Waals surface area (Å²) < 4.78 is 11.0. The van der Waals surface area contributed by atoms with Crippen molar-refractivity contribution in [2.45, 2.75) is 25.8 Å². The van der Waals surface area contributed by atoms with Crippen LogP contribution in [0.2, 0.25) is 0 Å². The summed E-state index contributed by atoms with van der Waals surface area (Å²) in [7, 11) is -0.720. The van der Waals surface area contributed by atoms with Crippen molar-refractivity contribution in [3.05, 3.63) is 30.1 Å². The molecule has 0 bridgehead atoms. The van der Waals surface area contributed by atoms with Crippen molar-refractivity contribution >= 4 is 10.8 Å². The minimum absolute atomic E-state index is 0.335. The molecule has 2 unspecified atom stereocenters. The molecule has 0 aliphatic heterocycles. The fourth-order valence-corrected chi connectivity index (χ4v) is 2.04. The van der Waals surface area contributed by atoms with Gasteiger partial charge in [-0.3, -0.25) is 9.19 Å². The van der Waals surface area contributed by atoms with Crippen molar-refractivity contribution < 1.29 is 4.21 Å². The van der Waals surface area contributed by atoms with Gasteiger partial charge in [-0.05, 0) is 18.1 Å².